The van der Waals surface area contributed by atoms with E-state index >= 15 is 0 Å². The van der Waals surface area contributed by atoms with Gasteiger partial charge in [0.05, 0.1) is 0 Å². The van der Waals surface area contributed by atoms with Crippen LogP contribution in [0.3, 0.4) is 0 Å². The van der Waals surface area contributed by atoms with Gasteiger partial charge in [-0.25, -0.2) is 9.18 Å². The van der Waals surface area contributed by atoms with Crippen LogP contribution >= 0.6 is 0 Å². The third-order valence-electron chi connectivity index (χ3n) is 1.67. The molecule has 1 rings (SSSR count). The molecule has 0 heterocycles. The number of aryl methyl sites for hydroxylation is 1. The lowest BCUT2D eigenvalue weighted by Crippen LogP contribution is -2.24. The molecule has 0 atom stereocenters. The molecule has 0 aliphatic heterocycles. The fourth-order valence-corrected chi connectivity index (χ4v) is 0.914. The first-order valence-corrected chi connectivity index (χ1v) is 3.88. The summed E-state index contributed by atoms with van der Waals surface area (Å²) in [6.45, 7) is 1.80. The molecule has 3 nitrogen and oxygen atoms in total. The zero-order valence-electron chi connectivity index (χ0n) is 7.52. The van der Waals surface area contributed by atoms with E-state index in [1.807, 2.05) is 0 Å². The van der Waals surface area contributed by atoms with Crippen molar-refractivity contribution in [2.75, 3.05) is 12.4 Å². The molecule has 1 aromatic carbocycles. The van der Waals surface area contributed by atoms with Crippen LogP contribution < -0.4 is 10.6 Å². The van der Waals surface area contributed by atoms with E-state index < -0.39 is 0 Å². The molecule has 0 unspecified atom stereocenters. The Bertz CT molecular complexity index is 325. The first kappa shape index (κ1) is 9.51. The van der Waals surface area contributed by atoms with Crippen molar-refractivity contribution < 1.29 is 9.18 Å². The van der Waals surface area contributed by atoms with Gasteiger partial charge in [-0.15, -0.1) is 0 Å². The molecule has 4 heteroatoms. The van der Waals surface area contributed by atoms with Gasteiger partial charge in [0.15, 0.2) is 0 Å². The number of carbonyl (C=O) groups excluding carboxylic acids is 1. The van der Waals surface area contributed by atoms with E-state index in [2.05, 4.69) is 10.6 Å². The van der Waals surface area contributed by atoms with Crippen LogP contribution in [0.5, 0.6) is 0 Å². The molecule has 1 aromatic rings. The number of urea groups is 1. The minimum absolute atomic E-state index is 0.353. The van der Waals surface area contributed by atoms with Crippen LogP contribution in [-0.4, -0.2) is 13.1 Å². The number of benzene rings is 1. The Kier molecular flexibility index (Phi) is 2.84. The number of amides is 2. The zero-order valence-corrected chi connectivity index (χ0v) is 7.52. The third-order valence-corrected chi connectivity index (χ3v) is 1.67. The van der Waals surface area contributed by atoms with Crippen molar-refractivity contribution in [3.63, 3.8) is 0 Å². The van der Waals surface area contributed by atoms with Crippen LogP contribution in [0.25, 0.3) is 0 Å². The molecule has 0 aromatic heterocycles. The van der Waals surface area contributed by atoms with E-state index in [0.717, 1.165) is 5.56 Å². The highest BCUT2D eigenvalue weighted by atomic mass is 19.1. The molecule has 0 aliphatic rings. The van der Waals surface area contributed by atoms with E-state index in [1.165, 1.54) is 19.2 Å². The predicted octanol–water partition coefficient (Wildman–Crippen LogP) is 1.89. The van der Waals surface area contributed by atoms with Gasteiger partial charge in [-0.1, -0.05) is 6.07 Å². The molecule has 0 fully saturated rings. The van der Waals surface area contributed by atoms with Gasteiger partial charge in [0.2, 0.25) is 0 Å². The minimum Gasteiger partial charge on any atom is -0.341 e. The maximum Gasteiger partial charge on any atom is 0.318 e. The van der Waals surface area contributed by atoms with Gasteiger partial charge in [-0.3, -0.25) is 0 Å². The van der Waals surface area contributed by atoms with Crippen LogP contribution in [0, 0.1) is 12.7 Å². The summed E-state index contributed by atoms with van der Waals surface area (Å²) in [5, 5.41) is 4.90. The van der Waals surface area contributed by atoms with Crippen molar-refractivity contribution in [2.24, 2.45) is 0 Å². The molecule has 13 heavy (non-hydrogen) atoms. The van der Waals surface area contributed by atoms with Crippen LogP contribution in [0.2, 0.25) is 0 Å². The lowest BCUT2D eigenvalue weighted by molar-refractivity contribution is 0.254. The smallest absolute Gasteiger partial charge is 0.318 e. The quantitative estimate of drug-likeness (QED) is 0.684. The molecular formula is C9H11FN2O. The first-order chi connectivity index (χ1) is 6.13. The molecule has 2 N–H and O–H groups in total. The Morgan fingerprint density at radius 2 is 2.15 bits per heavy atom. The molecule has 0 saturated heterocycles. The number of hydrogen-bond acceptors (Lipinski definition) is 1. The van der Waals surface area contributed by atoms with E-state index in [4.69, 9.17) is 0 Å². The van der Waals surface area contributed by atoms with E-state index in [1.54, 1.807) is 13.0 Å². The number of carbonyl (C=O) groups is 1. The standard InChI is InChI=1S/C9H11FN2O/c1-6-3-4-7(10)5-8(6)12-9(13)11-2/h3-5H,1-2H3,(H2,11,12,13). The SMILES string of the molecule is CNC(=O)Nc1cc(F)ccc1C. The second-order valence-electron chi connectivity index (χ2n) is 2.66. The lowest BCUT2D eigenvalue weighted by Gasteiger charge is -2.07. The summed E-state index contributed by atoms with van der Waals surface area (Å²) in [5.74, 6) is -0.364. The highest BCUT2D eigenvalue weighted by molar-refractivity contribution is 5.89. The van der Waals surface area contributed by atoms with Crippen molar-refractivity contribution >= 4 is 11.7 Å². The normalized spacial score (nSPS) is 9.46. The van der Waals surface area contributed by atoms with Crippen LogP contribution in [-0.2, 0) is 0 Å². The van der Waals surface area contributed by atoms with Gasteiger partial charge in [-0.05, 0) is 24.6 Å². The van der Waals surface area contributed by atoms with Crippen LogP contribution in [0.15, 0.2) is 18.2 Å². The summed E-state index contributed by atoms with van der Waals surface area (Å²) < 4.78 is 12.7. The Hall–Kier alpha value is -1.58. The average Bonchev–Trinajstić information content (AvgIpc) is 2.11. The van der Waals surface area contributed by atoms with E-state index in [0.29, 0.717) is 5.69 Å². The fourth-order valence-electron chi connectivity index (χ4n) is 0.914. The second kappa shape index (κ2) is 3.89. The molecule has 0 saturated carbocycles. The van der Waals surface area contributed by atoms with Gasteiger partial charge in [0, 0.05) is 12.7 Å². The van der Waals surface area contributed by atoms with Gasteiger partial charge in [0.25, 0.3) is 0 Å². The summed E-state index contributed by atoms with van der Waals surface area (Å²) in [6.07, 6.45) is 0. The van der Waals surface area contributed by atoms with E-state index in [9.17, 15) is 9.18 Å². The number of hydrogen-bond donors (Lipinski definition) is 2. The highest BCUT2D eigenvalue weighted by Gasteiger charge is 2.02. The maximum atomic E-state index is 12.7. The predicted molar refractivity (Wildman–Crippen MR) is 49.2 cm³/mol. The minimum atomic E-state index is -0.364. The number of anilines is 1. The third kappa shape index (κ3) is 2.43. The summed E-state index contributed by atoms with van der Waals surface area (Å²) in [5.41, 5.74) is 1.31. The van der Waals surface area contributed by atoms with Gasteiger partial charge >= 0.3 is 6.03 Å². The topological polar surface area (TPSA) is 41.1 Å². The molecule has 0 aliphatic carbocycles. The van der Waals surface area contributed by atoms with Gasteiger partial charge < -0.3 is 10.6 Å². The fraction of sp³-hybridized carbons (Fsp3) is 0.222. The Labute approximate surface area is 76.0 Å². The summed E-state index contributed by atoms with van der Waals surface area (Å²) >= 11 is 0. The summed E-state index contributed by atoms with van der Waals surface area (Å²) in [4.78, 5) is 10.9. The zero-order chi connectivity index (χ0) is 9.84. The van der Waals surface area contributed by atoms with Crippen LogP contribution in [0.4, 0.5) is 14.9 Å². The van der Waals surface area contributed by atoms with Gasteiger partial charge in [0.1, 0.15) is 5.82 Å². The maximum absolute atomic E-state index is 12.7. The lowest BCUT2D eigenvalue weighted by atomic mass is 10.2. The number of halogens is 1. The molecule has 0 radical (unpaired) electrons. The monoisotopic (exact) mass is 182 g/mol. The number of nitrogens with one attached hydrogen (secondary N) is 2. The molecule has 0 spiro atoms. The molecule has 70 valence electrons. The average molecular weight is 182 g/mol. The van der Waals surface area contributed by atoms with Crippen molar-refractivity contribution in [3.05, 3.63) is 29.6 Å². The van der Waals surface area contributed by atoms with E-state index in [-0.39, 0.29) is 11.8 Å². The summed E-state index contributed by atoms with van der Waals surface area (Å²) in [7, 11) is 1.50. The van der Waals surface area contributed by atoms with Crippen molar-refractivity contribution in [1.82, 2.24) is 5.32 Å². The Balaban J connectivity index is 2.87. The van der Waals surface area contributed by atoms with Crippen molar-refractivity contribution in [3.8, 4) is 0 Å². The molecule has 0 bridgehead atoms. The molecule has 2 amide bonds. The van der Waals surface area contributed by atoms with Crippen LogP contribution in [0.1, 0.15) is 5.56 Å². The summed E-state index contributed by atoms with van der Waals surface area (Å²) in [6, 6.07) is 3.89. The first-order valence-electron chi connectivity index (χ1n) is 3.88. The van der Waals surface area contributed by atoms with Crippen molar-refractivity contribution in [2.45, 2.75) is 6.92 Å². The van der Waals surface area contributed by atoms with Gasteiger partial charge in [-0.2, -0.15) is 0 Å². The highest BCUT2D eigenvalue weighted by Crippen LogP contribution is 2.15. The molecular weight excluding hydrogens is 171 g/mol. The van der Waals surface area contributed by atoms with Crippen molar-refractivity contribution in [1.29, 1.82) is 0 Å². The Morgan fingerprint density at radius 3 is 2.77 bits per heavy atom. The second-order valence-corrected chi connectivity index (χ2v) is 2.66. The number of rotatable bonds is 1. The largest absolute Gasteiger partial charge is 0.341 e. The Morgan fingerprint density at radius 1 is 1.46 bits per heavy atom.